The van der Waals surface area contributed by atoms with Crippen molar-refractivity contribution < 1.29 is 17.9 Å². The summed E-state index contributed by atoms with van der Waals surface area (Å²) in [6, 6.07) is 5.52. The Morgan fingerprint density at radius 1 is 1.17 bits per heavy atom. The van der Waals surface area contributed by atoms with Crippen LogP contribution in [0.15, 0.2) is 29.2 Å². The van der Waals surface area contributed by atoms with E-state index in [1.54, 1.807) is 6.07 Å². The summed E-state index contributed by atoms with van der Waals surface area (Å²) in [6.07, 6.45) is -4.67. The Balaban J connectivity index is 2.83. The Hall–Kier alpha value is -0.970. The Morgan fingerprint density at radius 2 is 1.75 bits per heavy atom. The zero-order chi connectivity index (χ0) is 9.19. The van der Waals surface area contributed by atoms with Gasteiger partial charge in [-0.25, -0.2) is 0 Å². The lowest BCUT2D eigenvalue weighted by atomic mass is 10.3. The molecule has 1 rings (SSSR count). The normalized spacial score (nSPS) is 11.2. The van der Waals surface area contributed by atoms with Crippen LogP contribution >= 0.6 is 0 Å². The van der Waals surface area contributed by atoms with Crippen LogP contribution < -0.4 is 4.74 Å². The fourth-order valence-electron chi connectivity index (χ4n) is 0.659. The third-order valence-electron chi connectivity index (χ3n) is 1.07. The maximum Gasteiger partial charge on any atom is 0.573 e. The van der Waals surface area contributed by atoms with Gasteiger partial charge in [0.2, 0.25) is 0 Å². The second-order valence-corrected chi connectivity index (χ2v) is 2.43. The largest absolute Gasteiger partial charge is 0.776 e. The highest BCUT2D eigenvalue weighted by Crippen LogP contribution is 2.25. The number of alkyl halides is 3. The van der Waals surface area contributed by atoms with Crippen molar-refractivity contribution in [2.45, 2.75) is 11.3 Å². The first-order valence-corrected chi connectivity index (χ1v) is 3.41. The molecular weight excluding hydrogens is 189 g/mol. The molecule has 0 saturated heterocycles. The molecule has 12 heavy (non-hydrogen) atoms. The molecule has 1 aromatic rings. The van der Waals surface area contributed by atoms with Gasteiger partial charge in [-0.05, 0) is 6.07 Å². The maximum absolute atomic E-state index is 11.7. The lowest BCUT2D eigenvalue weighted by Crippen LogP contribution is -2.17. The van der Waals surface area contributed by atoms with Crippen LogP contribution in [-0.2, 0) is 12.6 Å². The first-order chi connectivity index (χ1) is 5.49. The molecule has 0 radical (unpaired) electrons. The third kappa shape index (κ3) is 2.58. The van der Waals surface area contributed by atoms with Gasteiger partial charge in [-0.3, -0.25) is 0 Å². The third-order valence-corrected chi connectivity index (χ3v) is 1.41. The molecule has 0 heterocycles. The van der Waals surface area contributed by atoms with Gasteiger partial charge in [-0.2, -0.15) is 0 Å². The average Bonchev–Trinajstić information content (AvgIpc) is 1.91. The van der Waals surface area contributed by atoms with Crippen molar-refractivity contribution in [1.82, 2.24) is 0 Å². The first kappa shape index (κ1) is 9.12. The minimum Gasteiger partial charge on any atom is -0.776 e. The molecule has 0 aromatic heterocycles. The smallest absolute Gasteiger partial charge is 0.573 e. The van der Waals surface area contributed by atoms with E-state index in [2.05, 4.69) is 17.4 Å². The molecule has 5 heteroatoms. The molecule has 0 bridgehead atoms. The molecule has 0 unspecified atom stereocenters. The number of rotatable bonds is 1. The topological polar surface area (TPSA) is 9.23 Å². The summed E-state index contributed by atoms with van der Waals surface area (Å²) in [5.41, 5.74) is 0. The molecule has 0 fully saturated rings. The SMILES string of the molecule is FC(F)(F)Oc1ccccc1[S-]. The van der Waals surface area contributed by atoms with E-state index in [0.717, 1.165) is 0 Å². The molecule has 0 spiro atoms. The molecule has 1 nitrogen and oxygen atoms in total. The summed E-state index contributed by atoms with van der Waals surface area (Å²) in [6.45, 7) is 0. The van der Waals surface area contributed by atoms with E-state index in [1.807, 2.05) is 0 Å². The maximum atomic E-state index is 11.7. The summed E-state index contributed by atoms with van der Waals surface area (Å²) < 4.78 is 38.6. The van der Waals surface area contributed by atoms with Crippen LogP contribution in [-0.4, -0.2) is 6.36 Å². The molecule has 0 amide bonds. The Labute approximate surface area is 72.6 Å². The van der Waals surface area contributed by atoms with Gasteiger partial charge in [-0.1, -0.05) is 18.2 Å². The second kappa shape index (κ2) is 3.18. The van der Waals surface area contributed by atoms with Gasteiger partial charge in [0, 0.05) is 0 Å². The van der Waals surface area contributed by atoms with Crippen molar-refractivity contribution >= 4 is 12.6 Å². The minimum atomic E-state index is -4.67. The summed E-state index contributed by atoms with van der Waals surface area (Å²) >= 11 is 4.60. The number of para-hydroxylation sites is 1. The zero-order valence-electron chi connectivity index (χ0n) is 5.76. The van der Waals surface area contributed by atoms with E-state index >= 15 is 0 Å². The number of benzene rings is 1. The van der Waals surface area contributed by atoms with Gasteiger partial charge in [0.15, 0.2) is 0 Å². The molecule has 0 aliphatic rings. The lowest BCUT2D eigenvalue weighted by molar-refractivity contribution is -0.275. The molecule has 0 aliphatic carbocycles. The van der Waals surface area contributed by atoms with Gasteiger partial charge in [-0.15, -0.1) is 18.1 Å². The van der Waals surface area contributed by atoms with Crippen LogP contribution in [0.1, 0.15) is 0 Å². The highest BCUT2D eigenvalue weighted by atomic mass is 32.1. The summed E-state index contributed by atoms with van der Waals surface area (Å²) in [7, 11) is 0. The van der Waals surface area contributed by atoms with Crippen molar-refractivity contribution in [3.05, 3.63) is 24.3 Å². The Morgan fingerprint density at radius 3 is 2.25 bits per heavy atom. The van der Waals surface area contributed by atoms with Crippen LogP contribution in [0.5, 0.6) is 5.75 Å². The van der Waals surface area contributed by atoms with E-state index in [9.17, 15) is 13.2 Å². The van der Waals surface area contributed by atoms with Crippen molar-refractivity contribution in [3.8, 4) is 5.75 Å². The quantitative estimate of drug-likeness (QED) is 0.634. The van der Waals surface area contributed by atoms with Crippen molar-refractivity contribution in [2.75, 3.05) is 0 Å². The summed E-state index contributed by atoms with van der Waals surface area (Å²) in [4.78, 5) is 0.0508. The van der Waals surface area contributed by atoms with Crippen LogP contribution in [0.3, 0.4) is 0 Å². The highest BCUT2D eigenvalue weighted by molar-refractivity contribution is 7.58. The standard InChI is InChI=1S/C7H5F3OS/c8-7(9,10)11-5-3-1-2-4-6(5)12/h1-4,12H/p-1. The minimum absolute atomic E-state index is 0.0508. The van der Waals surface area contributed by atoms with Crippen LogP contribution in [0.4, 0.5) is 13.2 Å². The van der Waals surface area contributed by atoms with Crippen molar-refractivity contribution in [3.63, 3.8) is 0 Å². The number of hydrogen-bond donors (Lipinski definition) is 0. The summed E-state index contributed by atoms with van der Waals surface area (Å²) in [5, 5.41) is 0. The van der Waals surface area contributed by atoms with Gasteiger partial charge in [0.1, 0.15) is 5.75 Å². The monoisotopic (exact) mass is 193 g/mol. The predicted octanol–water partition coefficient (Wildman–Crippen LogP) is 2.49. The van der Waals surface area contributed by atoms with Crippen molar-refractivity contribution in [2.24, 2.45) is 0 Å². The number of halogens is 3. The zero-order valence-corrected chi connectivity index (χ0v) is 6.58. The van der Waals surface area contributed by atoms with Crippen LogP contribution in [0, 0.1) is 0 Å². The molecule has 0 aliphatic heterocycles. The molecule has 66 valence electrons. The molecular formula is C7H4F3OS-. The molecule has 0 saturated carbocycles. The van der Waals surface area contributed by atoms with E-state index in [0.29, 0.717) is 0 Å². The van der Waals surface area contributed by atoms with Gasteiger partial charge in [0.25, 0.3) is 0 Å². The van der Waals surface area contributed by atoms with E-state index in [1.165, 1.54) is 18.2 Å². The Kier molecular flexibility index (Phi) is 2.42. The van der Waals surface area contributed by atoms with E-state index in [4.69, 9.17) is 0 Å². The van der Waals surface area contributed by atoms with Gasteiger partial charge < -0.3 is 17.4 Å². The highest BCUT2D eigenvalue weighted by Gasteiger charge is 2.30. The Bertz CT molecular complexity index is 272. The van der Waals surface area contributed by atoms with E-state index in [-0.39, 0.29) is 10.6 Å². The number of hydrogen-bond acceptors (Lipinski definition) is 2. The summed E-state index contributed by atoms with van der Waals surface area (Å²) in [5.74, 6) is -0.333. The lowest BCUT2D eigenvalue weighted by Gasteiger charge is -2.15. The van der Waals surface area contributed by atoms with Gasteiger partial charge in [0.05, 0.1) is 0 Å². The van der Waals surface area contributed by atoms with E-state index < -0.39 is 6.36 Å². The number of ether oxygens (including phenoxy) is 1. The van der Waals surface area contributed by atoms with Crippen LogP contribution in [0.25, 0.3) is 0 Å². The first-order valence-electron chi connectivity index (χ1n) is 3.01. The second-order valence-electron chi connectivity index (χ2n) is 1.99. The van der Waals surface area contributed by atoms with Gasteiger partial charge >= 0.3 is 6.36 Å². The molecule has 0 atom stereocenters. The molecule has 1 aromatic carbocycles. The van der Waals surface area contributed by atoms with Crippen LogP contribution in [0.2, 0.25) is 0 Å². The average molecular weight is 193 g/mol. The molecule has 0 N–H and O–H groups in total. The predicted molar refractivity (Wildman–Crippen MR) is 38.8 cm³/mol. The van der Waals surface area contributed by atoms with Crippen molar-refractivity contribution in [1.29, 1.82) is 0 Å². The fraction of sp³-hybridized carbons (Fsp3) is 0.143. The fourth-order valence-corrected chi connectivity index (χ4v) is 0.847.